The Balaban J connectivity index is 1.90. The van der Waals surface area contributed by atoms with Crippen LogP contribution in [0, 0.1) is 12.3 Å². The molecule has 0 spiro atoms. The summed E-state index contributed by atoms with van der Waals surface area (Å²) in [5.41, 5.74) is 5.71. The van der Waals surface area contributed by atoms with Gasteiger partial charge in [-0.25, -0.2) is 0 Å². The molecule has 1 unspecified atom stereocenters. The van der Waals surface area contributed by atoms with Crippen LogP contribution in [0.1, 0.15) is 57.2 Å². The molecule has 1 heterocycles. The van der Waals surface area contributed by atoms with E-state index in [1.807, 2.05) is 31.2 Å². The van der Waals surface area contributed by atoms with Gasteiger partial charge in [0.2, 0.25) is 5.91 Å². The van der Waals surface area contributed by atoms with E-state index in [-0.39, 0.29) is 29.7 Å². The van der Waals surface area contributed by atoms with E-state index in [0.29, 0.717) is 13.0 Å². The Kier molecular flexibility index (Phi) is 6.09. The summed E-state index contributed by atoms with van der Waals surface area (Å²) in [7, 11) is 0. The number of hydrogen-bond acceptors (Lipinski definition) is 4. The highest BCUT2D eigenvalue weighted by atomic mass is 16.2. The van der Waals surface area contributed by atoms with Crippen LogP contribution >= 0.6 is 0 Å². The first-order valence-corrected chi connectivity index (χ1v) is 11.5. The summed E-state index contributed by atoms with van der Waals surface area (Å²) in [6.07, 6.45) is 2.18. The lowest BCUT2D eigenvalue weighted by Gasteiger charge is -2.38. The van der Waals surface area contributed by atoms with Crippen molar-refractivity contribution in [3.63, 3.8) is 0 Å². The van der Waals surface area contributed by atoms with Crippen LogP contribution in [-0.4, -0.2) is 24.8 Å². The van der Waals surface area contributed by atoms with Crippen LogP contribution < -0.4 is 15.5 Å². The van der Waals surface area contributed by atoms with E-state index >= 15 is 0 Å². The lowest BCUT2D eigenvalue weighted by Crippen LogP contribution is -2.42. The first-order valence-electron chi connectivity index (χ1n) is 11.5. The van der Waals surface area contributed by atoms with Crippen molar-refractivity contribution in [2.45, 2.75) is 53.0 Å². The normalized spacial score (nSPS) is 19.6. The summed E-state index contributed by atoms with van der Waals surface area (Å²) in [4.78, 5) is 28.6. The topological polar surface area (TPSA) is 61.4 Å². The van der Waals surface area contributed by atoms with Crippen LogP contribution in [0.2, 0.25) is 0 Å². The number of amides is 1. The van der Waals surface area contributed by atoms with Gasteiger partial charge >= 0.3 is 0 Å². The van der Waals surface area contributed by atoms with E-state index in [9.17, 15) is 9.59 Å². The van der Waals surface area contributed by atoms with Crippen molar-refractivity contribution in [1.29, 1.82) is 0 Å². The number of nitrogens with one attached hydrogen (secondary N) is 2. The molecule has 4 rings (SSSR count). The maximum absolute atomic E-state index is 13.6. The number of para-hydroxylation sites is 2. The largest absolute Gasteiger partial charge is 0.357 e. The summed E-state index contributed by atoms with van der Waals surface area (Å²) in [6, 6.07) is 16.0. The fourth-order valence-corrected chi connectivity index (χ4v) is 4.80. The SMILES string of the molecule is CCCNC(=O)CN1c2ccccc2NC2=C(C(=O)CC(C)(C)C2)C1c1ccc(C)cc1. The van der Waals surface area contributed by atoms with E-state index in [4.69, 9.17) is 0 Å². The van der Waals surface area contributed by atoms with Crippen LogP contribution in [0.5, 0.6) is 0 Å². The van der Waals surface area contributed by atoms with Crippen LogP contribution in [0.3, 0.4) is 0 Å². The summed E-state index contributed by atoms with van der Waals surface area (Å²) in [5.74, 6) is 0.118. The molecule has 1 atom stereocenters. The fourth-order valence-electron chi connectivity index (χ4n) is 4.80. The number of carbonyl (C=O) groups is 2. The molecule has 1 aliphatic heterocycles. The number of nitrogens with zero attached hydrogens (tertiary/aromatic N) is 1. The van der Waals surface area contributed by atoms with Crippen molar-refractivity contribution in [3.05, 3.63) is 70.9 Å². The number of rotatable bonds is 5. The van der Waals surface area contributed by atoms with Gasteiger partial charge in [-0.1, -0.05) is 62.7 Å². The molecule has 0 saturated carbocycles. The van der Waals surface area contributed by atoms with Crippen LogP contribution in [0.4, 0.5) is 11.4 Å². The predicted molar refractivity (Wildman–Crippen MR) is 130 cm³/mol. The second-order valence-electron chi connectivity index (χ2n) is 9.77. The molecule has 2 N–H and O–H groups in total. The second kappa shape index (κ2) is 8.81. The molecule has 0 saturated heterocycles. The monoisotopic (exact) mass is 431 g/mol. The molecule has 0 aromatic heterocycles. The molecule has 2 aliphatic rings. The number of fused-ring (bicyclic) bond motifs is 1. The quantitative estimate of drug-likeness (QED) is 0.688. The van der Waals surface area contributed by atoms with Gasteiger partial charge in [0.15, 0.2) is 5.78 Å². The number of carbonyl (C=O) groups excluding carboxylic acids is 2. The van der Waals surface area contributed by atoms with Crippen molar-refractivity contribution in [1.82, 2.24) is 5.32 Å². The molecule has 1 amide bonds. The number of ketones is 1. The number of benzene rings is 2. The van der Waals surface area contributed by atoms with Crippen molar-refractivity contribution >= 4 is 23.1 Å². The van der Waals surface area contributed by atoms with E-state index < -0.39 is 0 Å². The molecule has 1 aliphatic carbocycles. The summed E-state index contributed by atoms with van der Waals surface area (Å²) >= 11 is 0. The zero-order chi connectivity index (χ0) is 22.9. The molecule has 0 bridgehead atoms. The highest BCUT2D eigenvalue weighted by molar-refractivity contribution is 6.01. The molecular formula is C27H33N3O2. The van der Waals surface area contributed by atoms with Gasteiger partial charge in [-0.05, 0) is 42.9 Å². The Morgan fingerprint density at radius 3 is 2.56 bits per heavy atom. The first-order chi connectivity index (χ1) is 15.3. The third kappa shape index (κ3) is 4.43. The molecule has 0 fully saturated rings. The lowest BCUT2D eigenvalue weighted by atomic mass is 9.73. The molecule has 0 radical (unpaired) electrons. The lowest BCUT2D eigenvalue weighted by molar-refractivity contribution is -0.120. The van der Waals surface area contributed by atoms with E-state index in [0.717, 1.165) is 41.1 Å². The Hall–Kier alpha value is -3.08. The Morgan fingerprint density at radius 1 is 1.12 bits per heavy atom. The fraction of sp³-hybridized carbons (Fsp3) is 0.407. The molecular weight excluding hydrogens is 398 g/mol. The third-order valence-corrected chi connectivity index (χ3v) is 6.28. The average Bonchev–Trinajstić information content (AvgIpc) is 2.87. The van der Waals surface area contributed by atoms with Crippen LogP contribution in [-0.2, 0) is 9.59 Å². The zero-order valence-electron chi connectivity index (χ0n) is 19.5. The van der Waals surface area contributed by atoms with Gasteiger partial charge in [-0.3, -0.25) is 9.59 Å². The van der Waals surface area contributed by atoms with Gasteiger partial charge < -0.3 is 15.5 Å². The summed E-state index contributed by atoms with van der Waals surface area (Å²) < 4.78 is 0. The maximum atomic E-state index is 13.6. The van der Waals surface area contributed by atoms with Gasteiger partial charge in [0, 0.05) is 24.2 Å². The first kappa shape index (κ1) is 22.1. The third-order valence-electron chi connectivity index (χ3n) is 6.28. The summed E-state index contributed by atoms with van der Waals surface area (Å²) in [5, 5.41) is 6.60. The molecule has 5 nitrogen and oxygen atoms in total. The van der Waals surface area contributed by atoms with Gasteiger partial charge in [0.25, 0.3) is 0 Å². The van der Waals surface area contributed by atoms with Gasteiger partial charge in [0.05, 0.1) is 24.0 Å². The van der Waals surface area contributed by atoms with Crippen molar-refractivity contribution in [3.8, 4) is 0 Å². The summed E-state index contributed by atoms with van der Waals surface area (Å²) in [6.45, 7) is 9.21. The minimum absolute atomic E-state index is 0.0357. The van der Waals surface area contributed by atoms with Gasteiger partial charge in [-0.15, -0.1) is 0 Å². The predicted octanol–water partition coefficient (Wildman–Crippen LogP) is 5.14. The molecule has 32 heavy (non-hydrogen) atoms. The average molecular weight is 432 g/mol. The number of aryl methyl sites for hydroxylation is 1. The van der Waals surface area contributed by atoms with Gasteiger partial charge in [-0.2, -0.15) is 0 Å². The standard InChI is InChI=1S/C27H33N3O2/c1-5-14-28-24(32)17-30-22-9-7-6-8-20(22)29-21-15-27(3,4)16-23(31)25(21)26(30)19-12-10-18(2)11-13-19/h6-13,26,29H,5,14-17H2,1-4H3,(H,28,32). The van der Waals surface area contributed by atoms with E-state index in [1.165, 1.54) is 5.56 Å². The number of Topliss-reactive ketones (excluding diaryl/α,β-unsaturated/α-hetero) is 1. The van der Waals surface area contributed by atoms with Crippen molar-refractivity contribution < 1.29 is 9.59 Å². The number of hydrogen-bond donors (Lipinski definition) is 2. The zero-order valence-corrected chi connectivity index (χ0v) is 19.5. The van der Waals surface area contributed by atoms with Crippen molar-refractivity contribution in [2.75, 3.05) is 23.3 Å². The van der Waals surface area contributed by atoms with Crippen LogP contribution in [0.25, 0.3) is 0 Å². The Bertz CT molecular complexity index is 1050. The highest BCUT2D eigenvalue weighted by Gasteiger charge is 2.41. The van der Waals surface area contributed by atoms with Gasteiger partial charge in [0.1, 0.15) is 0 Å². The number of allylic oxidation sites excluding steroid dienone is 1. The van der Waals surface area contributed by atoms with Crippen molar-refractivity contribution in [2.24, 2.45) is 5.41 Å². The van der Waals surface area contributed by atoms with E-state index in [1.54, 1.807) is 0 Å². The molecule has 2 aromatic rings. The molecule has 2 aromatic carbocycles. The van der Waals surface area contributed by atoms with Crippen LogP contribution in [0.15, 0.2) is 59.8 Å². The molecule has 5 heteroatoms. The van der Waals surface area contributed by atoms with E-state index in [2.05, 4.69) is 60.6 Å². The maximum Gasteiger partial charge on any atom is 0.239 e. The molecule has 168 valence electrons. The second-order valence-corrected chi connectivity index (χ2v) is 9.77. The number of anilines is 2. The highest BCUT2D eigenvalue weighted by Crippen LogP contribution is 2.48. The Morgan fingerprint density at radius 2 is 1.84 bits per heavy atom. The minimum atomic E-state index is -0.322. The Labute approximate surface area is 190 Å². The minimum Gasteiger partial charge on any atom is -0.357 e. The smallest absolute Gasteiger partial charge is 0.239 e.